The van der Waals surface area contributed by atoms with Crippen molar-refractivity contribution in [2.24, 2.45) is 5.92 Å². The van der Waals surface area contributed by atoms with Crippen molar-refractivity contribution >= 4 is 12.2 Å². The normalized spacial score (nSPS) is 12.2. The van der Waals surface area contributed by atoms with E-state index >= 15 is 0 Å². The Morgan fingerprint density at radius 2 is 1.52 bits per heavy atom. The summed E-state index contributed by atoms with van der Waals surface area (Å²) in [4.78, 5) is 26.5. The van der Waals surface area contributed by atoms with Crippen molar-refractivity contribution in [3.8, 4) is 0 Å². The van der Waals surface area contributed by atoms with Gasteiger partial charge in [-0.15, -0.1) is 13.2 Å². The third-order valence-corrected chi connectivity index (χ3v) is 4.75. The molecule has 31 heavy (non-hydrogen) atoms. The van der Waals surface area contributed by atoms with E-state index in [-0.39, 0.29) is 32.2 Å². The number of carbonyl (C=O) groups is 2. The van der Waals surface area contributed by atoms with E-state index in [0.717, 1.165) is 11.1 Å². The second kappa shape index (κ2) is 12.9. The molecule has 0 saturated carbocycles. The van der Waals surface area contributed by atoms with E-state index in [4.69, 9.17) is 9.47 Å². The number of hydrogen-bond donors (Lipinski definition) is 1. The smallest absolute Gasteiger partial charge is 0.410 e. The van der Waals surface area contributed by atoms with Crippen LogP contribution in [0.15, 0.2) is 86.0 Å². The number of hydrogen-bond acceptors (Lipinski definition) is 4. The van der Waals surface area contributed by atoms with Crippen LogP contribution in [0.4, 0.5) is 9.59 Å². The van der Waals surface area contributed by atoms with Crippen molar-refractivity contribution in [2.45, 2.75) is 26.2 Å². The maximum atomic E-state index is 12.6. The Balaban J connectivity index is 1.96. The third-order valence-electron chi connectivity index (χ3n) is 4.75. The molecular formula is C25H30N2O4. The van der Waals surface area contributed by atoms with Gasteiger partial charge in [0.15, 0.2) is 0 Å². The lowest BCUT2D eigenvalue weighted by molar-refractivity contribution is 0.0918. The SMILES string of the molecule is C=CCN(CC(NC(=O)OCc1ccccc1)C(C)C=C)C(=O)OCc1ccccc1. The summed E-state index contributed by atoms with van der Waals surface area (Å²) in [5, 5.41) is 2.84. The summed E-state index contributed by atoms with van der Waals surface area (Å²) in [6, 6.07) is 18.5. The van der Waals surface area contributed by atoms with Gasteiger partial charge >= 0.3 is 12.2 Å². The molecule has 6 nitrogen and oxygen atoms in total. The molecule has 0 aromatic heterocycles. The van der Waals surface area contributed by atoms with Crippen molar-refractivity contribution in [2.75, 3.05) is 13.1 Å². The van der Waals surface area contributed by atoms with E-state index < -0.39 is 18.2 Å². The molecule has 2 aromatic rings. The van der Waals surface area contributed by atoms with E-state index in [1.807, 2.05) is 67.6 Å². The molecule has 2 aromatic carbocycles. The molecule has 1 N–H and O–H groups in total. The molecule has 0 saturated heterocycles. The first-order valence-electron chi connectivity index (χ1n) is 10.2. The molecule has 2 amide bonds. The summed E-state index contributed by atoms with van der Waals surface area (Å²) in [5.74, 6) is -0.0986. The maximum Gasteiger partial charge on any atom is 0.410 e. The number of nitrogens with one attached hydrogen (secondary N) is 1. The van der Waals surface area contributed by atoms with Crippen LogP contribution in [0.5, 0.6) is 0 Å². The summed E-state index contributed by atoms with van der Waals surface area (Å²) >= 11 is 0. The van der Waals surface area contributed by atoms with Crippen LogP contribution in [0.25, 0.3) is 0 Å². The number of benzene rings is 2. The monoisotopic (exact) mass is 422 g/mol. The Morgan fingerprint density at radius 1 is 0.968 bits per heavy atom. The molecule has 2 rings (SSSR count). The zero-order valence-electron chi connectivity index (χ0n) is 17.9. The summed E-state index contributed by atoms with van der Waals surface area (Å²) in [6.45, 7) is 10.3. The Morgan fingerprint density at radius 3 is 2.03 bits per heavy atom. The van der Waals surface area contributed by atoms with Gasteiger partial charge in [-0.2, -0.15) is 0 Å². The first kappa shape index (κ1) is 23.7. The minimum Gasteiger partial charge on any atom is -0.445 e. The molecule has 0 aliphatic rings. The maximum absolute atomic E-state index is 12.6. The standard InChI is InChI=1S/C25H30N2O4/c1-4-16-27(25(29)31-19-22-14-10-7-11-15-22)17-23(20(3)5-2)26-24(28)30-18-21-12-8-6-9-13-21/h4-15,20,23H,1-2,16-19H2,3H3,(H,26,28). The van der Waals surface area contributed by atoms with Crippen molar-refractivity contribution in [3.05, 3.63) is 97.1 Å². The number of carbonyl (C=O) groups excluding carboxylic acids is 2. The summed E-state index contributed by atoms with van der Waals surface area (Å²) in [5.41, 5.74) is 1.79. The van der Waals surface area contributed by atoms with Crippen LogP contribution in [0.1, 0.15) is 18.1 Å². The van der Waals surface area contributed by atoms with Gasteiger partial charge in [0.1, 0.15) is 13.2 Å². The molecule has 0 aliphatic carbocycles. The van der Waals surface area contributed by atoms with Gasteiger partial charge in [0.25, 0.3) is 0 Å². The highest BCUT2D eigenvalue weighted by molar-refractivity contribution is 5.69. The predicted octanol–water partition coefficient (Wildman–Crippen LogP) is 4.93. The van der Waals surface area contributed by atoms with Crippen LogP contribution in [-0.2, 0) is 22.7 Å². The lowest BCUT2D eigenvalue weighted by Crippen LogP contribution is -2.48. The van der Waals surface area contributed by atoms with Crippen LogP contribution < -0.4 is 5.32 Å². The highest BCUT2D eigenvalue weighted by Crippen LogP contribution is 2.10. The van der Waals surface area contributed by atoms with Gasteiger partial charge in [0, 0.05) is 13.1 Å². The molecule has 6 heteroatoms. The average Bonchev–Trinajstić information content (AvgIpc) is 2.81. The highest BCUT2D eigenvalue weighted by Gasteiger charge is 2.24. The molecule has 2 atom stereocenters. The van der Waals surface area contributed by atoms with Gasteiger partial charge in [-0.1, -0.05) is 79.7 Å². The summed E-state index contributed by atoms with van der Waals surface area (Å²) < 4.78 is 10.8. The van der Waals surface area contributed by atoms with Gasteiger partial charge in [0.05, 0.1) is 6.04 Å². The molecule has 0 heterocycles. The average molecular weight is 423 g/mol. The van der Waals surface area contributed by atoms with Crippen molar-refractivity contribution in [3.63, 3.8) is 0 Å². The van der Waals surface area contributed by atoms with Crippen molar-refractivity contribution < 1.29 is 19.1 Å². The van der Waals surface area contributed by atoms with Gasteiger partial charge < -0.3 is 19.7 Å². The molecule has 0 fully saturated rings. The van der Waals surface area contributed by atoms with Gasteiger partial charge in [-0.25, -0.2) is 9.59 Å². The first-order valence-corrected chi connectivity index (χ1v) is 10.2. The quantitative estimate of drug-likeness (QED) is 0.522. The summed E-state index contributed by atoms with van der Waals surface area (Å²) in [6.07, 6.45) is 2.31. The van der Waals surface area contributed by atoms with Crippen molar-refractivity contribution in [1.29, 1.82) is 0 Å². The number of alkyl carbamates (subject to hydrolysis) is 1. The van der Waals surface area contributed by atoms with Crippen LogP contribution in [0.3, 0.4) is 0 Å². The second-order valence-electron chi connectivity index (χ2n) is 7.14. The summed E-state index contributed by atoms with van der Waals surface area (Å²) in [7, 11) is 0. The second-order valence-corrected chi connectivity index (χ2v) is 7.14. The third kappa shape index (κ3) is 8.38. The Bertz CT molecular complexity index is 839. The first-order chi connectivity index (χ1) is 15.0. The minimum atomic E-state index is -0.557. The number of rotatable bonds is 11. The molecular weight excluding hydrogens is 392 g/mol. The molecule has 0 aliphatic heterocycles. The molecule has 0 spiro atoms. The fourth-order valence-corrected chi connectivity index (χ4v) is 2.85. The zero-order chi connectivity index (χ0) is 22.5. The topological polar surface area (TPSA) is 67.9 Å². The van der Waals surface area contributed by atoms with E-state index in [2.05, 4.69) is 18.5 Å². The molecule has 164 valence electrons. The van der Waals surface area contributed by atoms with Crippen LogP contribution in [0.2, 0.25) is 0 Å². The molecule has 0 bridgehead atoms. The lowest BCUT2D eigenvalue weighted by atomic mass is 10.0. The Labute approximate surface area is 184 Å². The van der Waals surface area contributed by atoms with Crippen LogP contribution in [-0.4, -0.2) is 36.2 Å². The van der Waals surface area contributed by atoms with E-state index in [9.17, 15) is 9.59 Å². The van der Waals surface area contributed by atoms with Gasteiger partial charge in [0.2, 0.25) is 0 Å². The molecule has 2 unspecified atom stereocenters. The molecule has 0 radical (unpaired) electrons. The fourth-order valence-electron chi connectivity index (χ4n) is 2.85. The van der Waals surface area contributed by atoms with Crippen LogP contribution in [0, 0.1) is 5.92 Å². The van der Waals surface area contributed by atoms with E-state index in [1.165, 1.54) is 4.90 Å². The Kier molecular flexibility index (Phi) is 9.88. The van der Waals surface area contributed by atoms with E-state index in [1.54, 1.807) is 12.2 Å². The largest absolute Gasteiger partial charge is 0.445 e. The lowest BCUT2D eigenvalue weighted by Gasteiger charge is -2.29. The highest BCUT2D eigenvalue weighted by atomic mass is 16.6. The number of ether oxygens (including phenoxy) is 2. The van der Waals surface area contributed by atoms with Gasteiger partial charge in [-0.05, 0) is 17.0 Å². The fraction of sp³-hybridized carbons (Fsp3) is 0.280. The van der Waals surface area contributed by atoms with Crippen molar-refractivity contribution in [1.82, 2.24) is 10.2 Å². The zero-order valence-corrected chi connectivity index (χ0v) is 17.9. The van der Waals surface area contributed by atoms with Gasteiger partial charge in [-0.3, -0.25) is 0 Å². The predicted molar refractivity (Wildman–Crippen MR) is 121 cm³/mol. The van der Waals surface area contributed by atoms with Crippen LogP contribution >= 0.6 is 0 Å². The van der Waals surface area contributed by atoms with E-state index in [0.29, 0.717) is 0 Å². The number of amides is 2. The Hall–Kier alpha value is -3.54. The minimum absolute atomic E-state index is 0.0986. The number of nitrogens with zero attached hydrogens (tertiary/aromatic N) is 1.